The third-order valence-corrected chi connectivity index (χ3v) is 4.12. The first kappa shape index (κ1) is 16.0. The van der Waals surface area contributed by atoms with Gasteiger partial charge in [-0.25, -0.2) is 9.97 Å². The van der Waals surface area contributed by atoms with Crippen molar-refractivity contribution < 1.29 is 4.74 Å². The Balaban J connectivity index is 2.21. The van der Waals surface area contributed by atoms with Crippen LogP contribution >= 0.6 is 0 Å². The van der Waals surface area contributed by atoms with Crippen LogP contribution in [0.5, 0.6) is 0 Å². The molecule has 0 saturated carbocycles. The molecule has 0 aromatic carbocycles. The molecular formula is C16H28N4O. The topological polar surface area (TPSA) is 59.1 Å². The quantitative estimate of drug-likeness (QED) is 0.893. The van der Waals surface area contributed by atoms with E-state index in [2.05, 4.69) is 50.2 Å². The highest BCUT2D eigenvalue weighted by Crippen LogP contribution is 2.27. The number of rotatable bonds is 4. The van der Waals surface area contributed by atoms with Gasteiger partial charge in [-0.1, -0.05) is 20.8 Å². The summed E-state index contributed by atoms with van der Waals surface area (Å²) in [6.07, 6.45) is 1.44. The Kier molecular flexibility index (Phi) is 4.71. The maximum absolute atomic E-state index is 5.62. The van der Waals surface area contributed by atoms with Gasteiger partial charge in [-0.05, 0) is 20.3 Å². The molecule has 1 aliphatic heterocycles. The van der Waals surface area contributed by atoms with Gasteiger partial charge in [0.1, 0.15) is 17.5 Å². The van der Waals surface area contributed by atoms with E-state index in [1.54, 1.807) is 0 Å². The zero-order chi connectivity index (χ0) is 15.6. The van der Waals surface area contributed by atoms with E-state index < -0.39 is 0 Å². The van der Waals surface area contributed by atoms with Crippen LogP contribution in [0.1, 0.15) is 45.5 Å². The van der Waals surface area contributed by atoms with E-state index in [4.69, 9.17) is 9.72 Å². The highest BCUT2D eigenvalue weighted by Gasteiger charge is 2.25. The average molecular weight is 292 g/mol. The smallest absolute Gasteiger partial charge is 0.138 e. The maximum atomic E-state index is 5.62. The minimum atomic E-state index is -0.0699. The summed E-state index contributed by atoms with van der Waals surface area (Å²) >= 11 is 0. The van der Waals surface area contributed by atoms with Crippen molar-refractivity contribution in [1.82, 2.24) is 9.97 Å². The van der Waals surface area contributed by atoms with E-state index in [1.165, 1.54) is 0 Å². The van der Waals surface area contributed by atoms with Crippen LogP contribution in [0.25, 0.3) is 0 Å². The molecule has 118 valence electrons. The fraction of sp³-hybridized carbons (Fsp3) is 0.750. The molecule has 2 atom stereocenters. The van der Waals surface area contributed by atoms with Crippen molar-refractivity contribution in [3.05, 3.63) is 11.4 Å². The summed E-state index contributed by atoms with van der Waals surface area (Å²) in [6, 6.07) is 0. The van der Waals surface area contributed by atoms with Gasteiger partial charge >= 0.3 is 0 Å². The van der Waals surface area contributed by atoms with Crippen LogP contribution in [0, 0.1) is 12.8 Å². The Hall–Kier alpha value is -1.36. The van der Waals surface area contributed by atoms with Gasteiger partial charge in [0.15, 0.2) is 0 Å². The monoisotopic (exact) mass is 292 g/mol. The molecule has 0 aliphatic carbocycles. The van der Waals surface area contributed by atoms with Gasteiger partial charge in [0, 0.05) is 37.1 Å². The molecule has 1 fully saturated rings. The second-order valence-electron chi connectivity index (χ2n) is 6.87. The lowest BCUT2D eigenvalue weighted by molar-refractivity contribution is 0.108. The predicted octanol–water partition coefficient (Wildman–Crippen LogP) is 2.96. The lowest BCUT2D eigenvalue weighted by Crippen LogP contribution is -2.24. The summed E-state index contributed by atoms with van der Waals surface area (Å²) in [5, 5.41) is 6.67. The molecule has 5 heteroatoms. The SMILES string of the molecule is CNc1nc(C(C)(C)C)nc(NCC2CCOC2C)c1C. The van der Waals surface area contributed by atoms with Crippen molar-refractivity contribution in [2.24, 2.45) is 5.92 Å². The first-order valence-corrected chi connectivity index (χ1v) is 7.75. The fourth-order valence-electron chi connectivity index (χ4n) is 2.54. The van der Waals surface area contributed by atoms with Crippen molar-refractivity contribution in [2.75, 3.05) is 30.8 Å². The van der Waals surface area contributed by atoms with E-state index >= 15 is 0 Å². The number of aromatic nitrogens is 2. The predicted molar refractivity (Wildman–Crippen MR) is 87.0 cm³/mol. The minimum absolute atomic E-state index is 0.0699. The summed E-state index contributed by atoms with van der Waals surface area (Å²) < 4.78 is 5.62. The van der Waals surface area contributed by atoms with Crippen molar-refractivity contribution >= 4 is 11.6 Å². The molecule has 1 aromatic heterocycles. The second kappa shape index (κ2) is 6.18. The maximum Gasteiger partial charge on any atom is 0.138 e. The van der Waals surface area contributed by atoms with Crippen molar-refractivity contribution in [2.45, 2.75) is 52.6 Å². The number of anilines is 2. The number of ether oxygens (including phenoxy) is 1. The highest BCUT2D eigenvalue weighted by atomic mass is 16.5. The summed E-state index contributed by atoms with van der Waals surface area (Å²) in [4.78, 5) is 9.37. The van der Waals surface area contributed by atoms with Crippen LogP contribution < -0.4 is 10.6 Å². The van der Waals surface area contributed by atoms with Crippen molar-refractivity contribution in [3.8, 4) is 0 Å². The van der Waals surface area contributed by atoms with Gasteiger partial charge < -0.3 is 15.4 Å². The highest BCUT2D eigenvalue weighted by molar-refractivity contribution is 5.57. The molecule has 1 aromatic rings. The van der Waals surface area contributed by atoms with E-state index in [1.807, 2.05) is 7.05 Å². The van der Waals surface area contributed by atoms with Gasteiger partial charge in [0.25, 0.3) is 0 Å². The van der Waals surface area contributed by atoms with E-state index in [-0.39, 0.29) is 5.41 Å². The van der Waals surface area contributed by atoms with Gasteiger partial charge in [-0.15, -0.1) is 0 Å². The van der Waals surface area contributed by atoms with Crippen LogP contribution in [-0.4, -0.2) is 36.3 Å². The Morgan fingerprint density at radius 3 is 2.43 bits per heavy atom. The normalized spacial score (nSPS) is 22.4. The number of hydrogen-bond acceptors (Lipinski definition) is 5. The van der Waals surface area contributed by atoms with Gasteiger partial charge in [0.2, 0.25) is 0 Å². The molecule has 0 bridgehead atoms. The van der Waals surface area contributed by atoms with Crippen molar-refractivity contribution in [3.63, 3.8) is 0 Å². The molecule has 0 spiro atoms. The van der Waals surface area contributed by atoms with Crippen LogP contribution in [0.3, 0.4) is 0 Å². The van der Waals surface area contributed by atoms with Crippen LogP contribution in [0.4, 0.5) is 11.6 Å². The molecule has 2 rings (SSSR count). The Bertz CT molecular complexity index is 496. The number of nitrogens with zero attached hydrogens (tertiary/aromatic N) is 2. The lowest BCUT2D eigenvalue weighted by atomic mass is 9.95. The zero-order valence-electron chi connectivity index (χ0n) is 14.1. The summed E-state index contributed by atoms with van der Waals surface area (Å²) in [6.45, 7) is 12.4. The largest absolute Gasteiger partial charge is 0.378 e. The van der Waals surface area contributed by atoms with Crippen LogP contribution in [0.2, 0.25) is 0 Å². The number of nitrogens with one attached hydrogen (secondary N) is 2. The molecule has 0 radical (unpaired) electrons. The van der Waals surface area contributed by atoms with E-state index in [0.717, 1.165) is 42.6 Å². The molecule has 21 heavy (non-hydrogen) atoms. The fourth-order valence-corrected chi connectivity index (χ4v) is 2.54. The minimum Gasteiger partial charge on any atom is -0.378 e. The molecule has 2 unspecified atom stereocenters. The molecule has 2 N–H and O–H groups in total. The Morgan fingerprint density at radius 2 is 1.90 bits per heavy atom. The zero-order valence-corrected chi connectivity index (χ0v) is 14.1. The van der Waals surface area contributed by atoms with Gasteiger partial charge in [-0.3, -0.25) is 0 Å². The van der Waals surface area contributed by atoms with Gasteiger partial charge in [-0.2, -0.15) is 0 Å². The van der Waals surface area contributed by atoms with Crippen LogP contribution in [0.15, 0.2) is 0 Å². The standard InChI is InChI=1S/C16H28N4O/c1-10-13(17-6)19-15(16(3,4)5)20-14(10)18-9-12-7-8-21-11(12)2/h11-12H,7-9H2,1-6H3,(H2,17,18,19,20). The van der Waals surface area contributed by atoms with Gasteiger partial charge in [0.05, 0.1) is 6.10 Å². The van der Waals surface area contributed by atoms with Crippen molar-refractivity contribution in [1.29, 1.82) is 0 Å². The first-order chi connectivity index (χ1) is 9.82. The lowest BCUT2D eigenvalue weighted by Gasteiger charge is -2.22. The average Bonchev–Trinajstić information content (AvgIpc) is 2.82. The van der Waals surface area contributed by atoms with E-state index in [0.29, 0.717) is 12.0 Å². The molecule has 0 amide bonds. The third-order valence-electron chi connectivity index (χ3n) is 4.12. The Labute approximate surface area is 127 Å². The molecule has 2 heterocycles. The van der Waals surface area contributed by atoms with Crippen LogP contribution in [-0.2, 0) is 10.2 Å². The summed E-state index contributed by atoms with van der Waals surface area (Å²) in [7, 11) is 1.90. The molecule has 1 saturated heterocycles. The molecular weight excluding hydrogens is 264 g/mol. The number of hydrogen-bond donors (Lipinski definition) is 2. The van der Waals surface area contributed by atoms with E-state index in [9.17, 15) is 0 Å². The molecule has 1 aliphatic rings. The summed E-state index contributed by atoms with van der Waals surface area (Å²) in [5.41, 5.74) is 0.997. The summed E-state index contributed by atoms with van der Waals surface area (Å²) in [5.74, 6) is 3.23. The second-order valence-corrected chi connectivity index (χ2v) is 6.87. The third kappa shape index (κ3) is 3.64. The molecule has 5 nitrogen and oxygen atoms in total. The first-order valence-electron chi connectivity index (χ1n) is 7.75. The Morgan fingerprint density at radius 1 is 1.24 bits per heavy atom.